The number of aryl methyl sites for hydroxylation is 1. The normalized spacial score (nSPS) is 11.3. The molecule has 0 aromatic heterocycles. The highest BCUT2D eigenvalue weighted by Gasteiger charge is 2.19. The Labute approximate surface area is 131 Å². The van der Waals surface area contributed by atoms with Crippen molar-refractivity contribution in [3.8, 4) is 0 Å². The van der Waals surface area contributed by atoms with Crippen molar-refractivity contribution in [2.24, 2.45) is 5.14 Å². The quantitative estimate of drug-likeness (QED) is 0.898. The van der Waals surface area contributed by atoms with Crippen molar-refractivity contribution >= 4 is 33.2 Å². The molecule has 1 amide bonds. The molecule has 0 bridgehead atoms. The molecule has 2 aromatic carbocycles. The van der Waals surface area contributed by atoms with Gasteiger partial charge >= 0.3 is 0 Å². The average Bonchev–Trinajstić information content (AvgIpc) is 2.41. The molecule has 22 heavy (non-hydrogen) atoms. The van der Waals surface area contributed by atoms with Gasteiger partial charge in [-0.15, -0.1) is 0 Å². The first-order valence-corrected chi connectivity index (χ1v) is 8.01. The third-order valence-electron chi connectivity index (χ3n) is 2.93. The van der Waals surface area contributed by atoms with Crippen LogP contribution >= 0.6 is 11.6 Å². The van der Waals surface area contributed by atoms with E-state index in [1.807, 2.05) is 0 Å². The minimum atomic E-state index is -4.04. The summed E-state index contributed by atoms with van der Waals surface area (Å²) in [7, 11) is -4.04. The summed E-state index contributed by atoms with van der Waals surface area (Å²) < 4.78 is 36.0. The number of hydrogen-bond acceptors (Lipinski definition) is 3. The third-order valence-corrected chi connectivity index (χ3v) is 4.40. The van der Waals surface area contributed by atoms with Crippen LogP contribution in [-0.2, 0) is 10.0 Å². The summed E-state index contributed by atoms with van der Waals surface area (Å²) in [6.07, 6.45) is 0. The Balaban J connectivity index is 2.36. The Hall–Kier alpha value is -1.96. The fourth-order valence-electron chi connectivity index (χ4n) is 1.83. The first kappa shape index (κ1) is 16.4. The zero-order chi connectivity index (χ0) is 16.5. The van der Waals surface area contributed by atoms with Crippen LogP contribution in [0.15, 0.2) is 41.3 Å². The number of sulfonamides is 1. The molecule has 0 saturated carbocycles. The summed E-state index contributed by atoms with van der Waals surface area (Å²) in [6, 6.07) is 7.98. The highest BCUT2D eigenvalue weighted by Crippen LogP contribution is 2.25. The van der Waals surface area contributed by atoms with Crippen molar-refractivity contribution in [3.63, 3.8) is 0 Å². The molecule has 0 atom stereocenters. The van der Waals surface area contributed by atoms with Gasteiger partial charge in [0.25, 0.3) is 5.91 Å². The number of benzene rings is 2. The standard InChI is InChI=1S/C14H12ClFN2O3S/c1-8-7-9(5-6-11(8)16)18-14(19)10-3-2-4-12(13(10)15)22(17,20)21/h2-7H,1H3,(H,18,19)(H2,17,20,21). The fraction of sp³-hybridized carbons (Fsp3) is 0.0714. The lowest BCUT2D eigenvalue weighted by Gasteiger charge is -2.10. The minimum Gasteiger partial charge on any atom is -0.322 e. The maximum atomic E-state index is 13.2. The number of amides is 1. The van der Waals surface area contributed by atoms with Crippen molar-refractivity contribution in [1.29, 1.82) is 0 Å². The van der Waals surface area contributed by atoms with Gasteiger partial charge in [-0.05, 0) is 42.8 Å². The van der Waals surface area contributed by atoms with E-state index in [2.05, 4.69) is 5.32 Å². The van der Waals surface area contributed by atoms with Crippen LogP contribution < -0.4 is 10.5 Å². The lowest BCUT2D eigenvalue weighted by Crippen LogP contribution is -2.17. The maximum Gasteiger partial charge on any atom is 0.257 e. The van der Waals surface area contributed by atoms with Crippen LogP contribution in [0.4, 0.5) is 10.1 Å². The van der Waals surface area contributed by atoms with E-state index in [4.69, 9.17) is 16.7 Å². The number of hydrogen-bond donors (Lipinski definition) is 2. The van der Waals surface area contributed by atoms with E-state index in [0.29, 0.717) is 11.3 Å². The van der Waals surface area contributed by atoms with E-state index in [0.717, 1.165) is 0 Å². The molecule has 0 aliphatic heterocycles. The van der Waals surface area contributed by atoms with Gasteiger partial charge in [0.15, 0.2) is 0 Å². The number of carbonyl (C=O) groups is 1. The molecule has 0 fully saturated rings. The van der Waals surface area contributed by atoms with E-state index in [1.54, 1.807) is 6.92 Å². The molecule has 3 N–H and O–H groups in total. The molecule has 0 aliphatic rings. The lowest BCUT2D eigenvalue weighted by atomic mass is 10.2. The molecule has 2 rings (SSSR count). The summed E-state index contributed by atoms with van der Waals surface area (Å²) in [5.41, 5.74) is 0.679. The Kier molecular flexibility index (Phi) is 4.50. The zero-order valence-corrected chi connectivity index (χ0v) is 13.0. The Bertz CT molecular complexity index is 853. The number of rotatable bonds is 3. The zero-order valence-electron chi connectivity index (χ0n) is 11.4. The van der Waals surface area contributed by atoms with Gasteiger partial charge in [-0.1, -0.05) is 17.7 Å². The number of carbonyl (C=O) groups excluding carboxylic acids is 1. The number of anilines is 1. The van der Waals surface area contributed by atoms with Gasteiger partial charge in [-0.25, -0.2) is 17.9 Å². The van der Waals surface area contributed by atoms with Crippen molar-refractivity contribution in [2.45, 2.75) is 11.8 Å². The molecule has 0 saturated heterocycles. The second-order valence-corrected chi connectivity index (χ2v) is 6.49. The Morgan fingerprint density at radius 1 is 1.27 bits per heavy atom. The monoisotopic (exact) mass is 342 g/mol. The van der Waals surface area contributed by atoms with Crippen LogP contribution in [0, 0.1) is 12.7 Å². The van der Waals surface area contributed by atoms with Crippen LogP contribution in [-0.4, -0.2) is 14.3 Å². The Morgan fingerprint density at radius 2 is 1.95 bits per heavy atom. The summed E-state index contributed by atoms with van der Waals surface area (Å²) in [6.45, 7) is 1.56. The smallest absolute Gasteiger partial charge is 0.257 e. The van der Waals surface area contributed by atoms with E-state index < -0.39 is 21.7 Å². The van der Waals surface area contributed by atoms with Gasteiger partial charge in [0.1, 0.15) is 10.7 Å². The first-order valence-electron chi connectivity index (χ1n) is 6.09. The summed E-state index contributed by atoms with van der Waals surface area (Å²) in [5.74, 6) is -1.02. The van der Waals surface area contributed by atoms with E-state index in [-0.39, 0.29) is 15.5 Å². The number of primary sulfonamides is 1. The first-order chi connectivity index (χ1) is 10.2. The molecular formula is C14H12ClFN2O3S. The number of nitrogens with one attached hydrogen (secondary N) is 1. The van der Waals surface area contributed by atoms with E-state index in [1.165, 1.54) is 36.4 Å². The maximum absolute atomic E-state index is 13.2. The topological polar surface area (TPSA) is 89.3 Å². The van der Waals surface area contributed by atoms with Gasteiger partial charge in [-0.3, -0.25) is 4.79 Å². The molecule has 116 valence electrons. The van der Waals surface area contributed by atoms with Gasteiger partial charge in [0.05, 0.1) is 10.6 Å². The van der Waals surface area contributed by atoms with Crippen LogP contribution in [0.5, 0.6) is 0 Å². The minimum absolute atomic E-state index is 0.0461. The Morgan fingerprint density at radius 3 is 2.55 bits per heavy atom. The van der Waals surface area contributed by atoms with Crippen molar-refractivity contribution < 1.29 is 17.6 Å². The predicted molar refractivity (Wildman–Crippen MR) is 81.9 cm³/mol. The van der Waals surface area contributed by atoms with Crippen LogP contribution in [0.25, 0.3) is 0 Å². The molecule has 5 nitrogen and oxygen atoms in total. The average molecular weight is 343 g/mol. The van der Waals surface area contributed by atoms with Crippen molar-refractivity contribution in [1.82, 2.24) is 0 Å². The van der Waals surface area contributed by atoms with Gasteiger partial charge in [-0.2, -0.15) is 0 Å². The lowest BCUT2D eigenvalue weighted by molar-refractivity contribution is 0.102. The SMILES string of the molecule is Cc1cc(NC(=O)c2cccc(S(N)(=O)=O)c2Cl)ccc1F. The second kappa shape index (κ2) is 6.04. The molecule has 2 aromatic rings. The summed E-state index contributed by atoms with van der Waals surface area (Å²) in [5, 5.41) is 7.29. The highest BCUT2D eigenvalue weighted by molar-refractivity contribution is 7.89. The van der Waals surface area contributed by atoms with Gasteiger partial charge in [0, 0.05) is 5.69 Å². The molecular weight excluding hydrogens is 331 g/mol. The van der Waals surface area contributed by atoms with Crippen molar-refractivity contribution in [3.05, 3.63) is 58.4 Å². The fourth-order valence-corrected chi connectivity index (χ4v) is 2.99. The highest BCUT2D eigenvalue weighted by atomic mass is 35.5. The van der Waals surface area contributed by atoms with E-state index in [9.17, 15) is 17.6 Å². The molecule has 0 heterocycles. The van der Waals surface area contributed by atoms with Gasteiger partial charge in [0.2, 0.25) is 10.0 Å². The molecule has 0 unspecified atom stereocenters. The molecule has 8 heteroatoms. The molecule has 0 radical (unpaired) electrons. The summed E-state index contributed by atoms with van der Waals surface area (Å²) in [4.78, 5) is 11.8. The van der Waals surface area contributed by atoms with E-state index >= 15 is 0 Å². The third kappa shape index (κ3) is 3.44. The second-order valence-electron chi connectivity index (χ2n) is 4.58. The van der Waals surface area contributed by atoms with Gasteiger partial charge < -0.3 is 5.32 Å². The van der Waals surface area contributed by atoms with Crippen LogP contribution in [0.2, 0.25) is 5.02 Å². The van der Waals surface area contributed by atoms with Crippen LogP contribution in [0.1, 0.15) is 15.9 Å². The molecule has 0 aliphatic carbocycles. The largest absolute Gasteiger partial charge is 0.322 e. The van der Waals surface area contributed by atoms with Crippen LogP contribution in [0.3, 0.4) is 0 Å². The predicted octanol–water partition coefficient (Wildman–Crippen LogP) is 2.69. The number of nitrogens with two attached hydrogens (primary N) is 1. The number of halogens is 2. The van der Waals surface area contributed by atoms with Crippen molar-refractivity contribution in [2.75, 3.05) is 5.32 Å². The molecule has 0 spiro atoms. The summed E-state index contributed by atoms with van der Waals surface area (Å²) >= 11 is 5.93.